The van der Waals surface area contributed by atoms with E-state index in [0.29, 0.717) is 42.0 Å². The lowest BCUT2D eigenvalue weighted by Gasteiger charge is -2.36. The minimum absolute atomic E-state index is 0.0304. The molecule has 0 fully saturated rings. The summed E-state index contributed by atoms with van der Waals surface area (Å²) < 4.78 is 10.8. The number of allylic oxidation sites excluding steroid dienone is 3. The summed E-state index contributed by atoms with van der Waals surface area (Å²) in [6, 6.07) is 11.1. The van der Waals surface area contributed by atoms with Crippen molar-refractivity contribution < 1.29 is 23.9 Å². The number of hydrogen-bond acceptors (Lipinski definition) is 7. The van der Waals surface area contributed by atoms with Gasteiger partial charge in [0.25, 0.3) is 0 Å². The second kappa shape index (κ2) is 9.97. The molecular formula is C27H29NO5S. The van der Waals surface area contributed by atoms with Gasteiger partial charge in [0.1, 0.15) is 5.75 Å². The van der Waals surface area contributed by atoms with Crippen LogP contribution >= 0.6 is 11.3 Å². The van der Waals surface area contributed by atoms with E-state index in [4.69, 9.17) is 9.47 Å². The molecule has 0 radical (unpaired) electrons. The maximum atomic E-state index is 13.5. The number of ketones is 1. The molecule has 6 nitrogen and oxygen atoms in total. The summed E-state index contributed by atoms with van der Waals surface area (Å²) in [5.41, 5.74) is 3.41. The van der Waals surface area contributed by atoms with Gasteiger partial charge in [-0.3, -0.25) is 9.59 Å². The average Bonchev–Trinajstić information content (AvgIpc) is 3.31. The Balaban J connectivity index is 1.75. The number of Topliss-reactive ketones (excluding diaryl/α,β-unsaturated/α-hetero) is 1. The number of hydrogen-bond donors (Lipinski definition) is 1. The summed E-state index contributed by atoms with van der Waals surface area (Å²) in [4.78, 5) is 39.3. The zero-order chi connectivity index (χ0) is 24.4. The van der Waals surface area contributed by atoms with Crippen LogP contribution in [0.2, 0.25) is 0 Å². The van der Waals surface area contributed by atoms with E-state index < -0.39 is 17.9 Å². The smallest absolute Gasteiger partial charge is 0.336 e. The highest BCUT2D eigenvalue weighted by atomic mass is 32.1. The van der Waals surface area contributed by atoms with E-state index in [0.717, 1.165) is 11.3 Å². The molecular weight excluding hydrogens is 450 g/mol. The third-order valence-electron chi connectivity index (χ3n) is 6.02. The molecule has 4 rings (SSSR count). The van der Waals surface area contributed by atoms with Crippen LogP contribution in [0.25, 0.3) is 0 Å². The van der Waals surface area contributed by atoms with Gasteiger partial charge < -0.3 is 14.8 Å². The van der Waals surface area contributed by atoms with Gasteiger partial charge in [-0.05, 0) is 48.4 Å². The van der Waals surface area contributed by atoms with Crippen molar-refractivity contribution in [3.63, 3.8) is 0 Å². The molecule has 2 aliphatic rings. The quantitative estimate of drug-likeness (QED) is 0.451. The van der Waals surface area contributed by atoms with Gasteiger partial charge in [0.15, 0.2) is 5.78 Å². The summed E-state index contributed by atoms with van der Waals surface area (Å²) in [5, 5.41) is 5.40. The molecule has 2 aromatic rings. The molecule has 1 N–H and O–H groups in total. The van der Waals surface area contributed by atoms with Crippen LogP contribution in [0.4, 0.5) is 0 Å². The molecule has 0 bridgehead atoms. The summed E-state index contributed by atoms with van der Waals surface area (Å²) in [6.07, 6.45) is 1.10. The Morgan fingerprint density at radius 3 is 2.50 bits per heavy atom. The Morgan fingerprint density at radius 1 is 1.15 bits per heavy atom. The minimum Gasteiger partial charge on any atom is -0.462 e. The predicted octanol–water partition coefficient (Wildman–Crippen LogP) is 5.23. The summed E-state index contributed by atoms with van der Waals surface area (Å²) >= 11 is 1.66. The molecule has 0 amide bonds. The van der Waals surface area contributed by atoms with E-state index in [1.54, 1.807) is 35.6 Å². The van der Waals surface area contributed by atoms with E-state index in [-0.39, 0.29) is 17.6 Å². The van der Waals surface area contributed by atoms with Crippen LogP contribution in [0.15, 0.2) is 64.3 Å². The first kappa shape index (κ1) is 24.0. The molecule has 0 unspecified atom stereocenters. The Morgan fingerprint density at radius 2 is 1.88 bits per heavy atom. The number of esters is 2. The Kier molecular flexibility index (Phi) is 7.03. The Hall–Kier alpha value is -3.19. The number of nitrogens with one attached hydrogen (secondary N) is 1. The van der Waals surface area contributed by atoms with Gasteiger partial charge in [-0.15, -0.1) is 11.3 Å². The molecule has 1 aromatic heterocycles. The van der Waals surface area contributed by atoms with E-state index in [1.165, 1.54) is 11.8 Å². The minimum atomic E-state index is -0.543. The van der Waals surface area contributed by atoms with Crippen LogP contribution in [0.3, 0.4) is 0 Å². The van der Waals surface area contributed by atoms with Crippen molar-refractivity contribution in [2.45, 2.75) is 52.4 Å². The van der Waals surface area contributed by atoms with Crippen molar-refractivity contribution in [3.05, 3.63) is 74.8 Å². The van der Waals surface area contributed by atoms with Gasteiger partial charge in [0.2, 0.25) is 0 Å². The first-order valence-corrected chi connectivity index (χ1v) is 12.4. The van der Waals surface area contributed by atoms with Gasteiger partial charge in [-0.2, -0.15) is 0 Å². The van der Waals surface area contributed by atoms with E-state index >= 15 is 0 Å². The van der Waals surface area contributed by atoms with Crippen LogP contribution in [0, 0.1) is 5.92 Å². The van der Waals surface area contributed by atoms with Crippen LogP contribution in [0.1, 0.15) is 62.8 Å². The number of dihydropyridines is 1. The molecule has 0 spiro atoms. The molecule has 1 aliphatic carbocycles. The largest absolute Gasteiger partial charge is 0.462 e. The second-order valence-corrected chi connectivity index (χ2v) is 10.2. The topological polar surface area (TPSA) is 81.7 Å². The van der Waals surface area contributed by atoms with Gasteiger partial charge in [-0.1, -0.05) is 32.0 Å². The third-order valence-corrected chi connectivity index (χ3v) is 7.05. The van der Waals surface area contributed by atoms with Crippen molar-refractivity contribution in [1.29, 1.82) is 0 Å². The Bertz CT molecular complexity index is 1160. The van der Waals surface area contributed by atoms with Crippen LogP contribution in [0.5, 0.6) is 5.75 Å². The molecule has 0 saturated heterocycles. The third kappa shape index (κ3) is 4.99. The number of carbonyl (C=O) groups is 3. The standard InChI is InChI=1S/C27H29NO5S/c1-15(2)14-32-27(31)24-16(3)28-21-12-19(23-6-5-11-34-23)13-22(30)26(21)25(24)18-7-9-20(10-8-18)33-17(4)29/h5-11,15,19,25,28H,12-14H2,1-4H3/t19-,25-/m1/s1. The molecule has 1 aliphatic heterocycles. The zero-order valence-electron chi connectivity index (χ0n) is 19.8. The van der Waals surface area contributed by atoms with Crippen LogP contribution < -0.4 is 10.1 Å². The lowest BCUT2D eigenvalue weighted by Crippen LogP contribution is -2.36. The van der Waals surface area contributed by atoms with Crippen molar-refractivity contribution in [3.8, 4) is 5.75 Å². The first-order valence-electron chi connectivity index (χ1n) is 11.5. The lowest BCUT2D eigenvalue weighted by atomic mass is 9.72. The van der Waals surface area contributed by atoms with E-state index in [1.807, 2.05) is 32.2 Å². The van der Waals surface area contributed by atoms with Crippen molar-refractivity contribution in [1.82, 2.24) is 5.32 Å². The van der Waals surface area contributed by atoms with Crippen molar-refractivity contribution in [2.75, 3.05) is 6.61 Å². The highest BCUT2D eigenvalue weighted by molar-refractivity contribution is 7.10. The van der Waals surface area contributed by atoms with Crippen LogP contribution in [-0.4, -0.2) is 24.3 Å². The molecule has 0 saturated carbocycles. The average molecular weight is 480 g/mol. The number of ether oxygens (including phenoxy) is 2. The predicted molar refractivity (Wildman–Crippen MR) is 130 cm³/mol. The monoisotopic (exact) mass is 479 g/mol. The summed E-state index contributed by atoms with van der Waals surface area (Å²) in [7, 11) is 0. The number of rotatable bonds is 6. The maximum absolute atomic E-state index is 13.5. The fourth-order valence-corrected chi connectivity index (χ4v) is 5.41. The number of carbonyl (C=O) groups excluding carboxylic acids is 3. The highest BCUT2D eigenvalue weighted by Gasteiger charge is 2.41. The number of thiophene rings is 1. The van der Waals surface area contributed by atoms with Gasteiger partial charge >= 0.3 is 11.9 Å². The number of benzene rings is 1. The maximum Gasteiger partial charge on any atom is 0.336 e. The van der Waals surface area contributed by atoms with Gasteiger partial charge in [-0.25, -0.2) is 4.79 Å². The highest BCUT2D eigenvalue weighted by Crippen LogP contribution is 2.46. The lowest BCUT2D eigenvalue weighted by molar-refractivity contribution is -0.140. The molecule has 7 heteroatoms. The molecule has 178 valence electrons. The zero-order valence-corrected chi connectivity index (χ0v) is 20.7. The summed E-state index contributed by atoms with van der Waals surface area (Å²) in [5.74, 6) is -0.616. The van der Waals surface area contributed by atoms with Crippen LogP contribution in [-0.2, 0) is 19.1 Å². The van der Waals surface area contributed by atoms with E-state index in [9.17, 15) is 14.4 Å². The van der Waals surface area contributed by atoms with Gasteiger partial charge in [0.05, 0.1) is 12.2 Å². The van der Waals surface area contributed by atoms with Crippen molar-refractivity contribution in [2.24, 2.45) is 5.92 Å². The molecule has 2 heterocycles. The fraction of sp³-hybridized carbons (Fsp3) is 0.370. The first-order chi connectivity index (χ1) is 16.2. The summed E-state index contributed by atoms with van der Waals surface area (Å²) in [6.45, 7) is 7.46. The second-order valence-electron chi connectivity index (χ2n) is 9.19. The molecule has 2 atom stereocenters. The SMILES string of the molecule is CC(=O)Oc1ccc([C@@H]2C(C(=O)OCC(C)C)=C(C)NC3=C2C(=O)C[C@H](c2cccs2)C3)cc1. The Labute approximate surface area is 203 Å². The molecule has 1 aromatic carbocycles. The van der Waals surface area contributed by atoms with E-state index in [2.05, 4.69) is 11.4 Å². The fourth-order valence-electron chi connectivity index (χ4n) is 4.58. The molecule has 34 heavy (non-hydrogen) atoms. The normalized spacial score (nSPS) is 20.2. The van der Waals surface area contributed by atoms with Gasteiger partial charge in [0, 0.05) is 47.0 Å². The van der Waals surface area contributed by atoms with Crippen molar-refractivity contribution >= 4 is 29.1 Å².